The number of rotatable bonds is 3. The van der Waals surface area contributed by atoms with Crippen molar-refractivity contribution in [3.05, 3.63) is 34.3 Å². The van der Waals surface area contributed by atoms with E-state index in [4.69, 9.17) is 22.1 Å². The zero-order valence-electron chi connectivity index (χ0n) is 15.9. The number of morpholine rings is 1. The van der Waals surface area contributed by atoms with E-state index >= 15 is 0 Å². The molecule has 3 heterocycles. The van der Waals surface area contributed by atoms with E-state index in [9.17, 15) is 9.59 Å². The smallest absolute Gasteiger partial charge is 0.232 e. The number of aryl methyl sites for hydroxylation is 1. The first kappa shape index (κ1) is 19.4. The summed E-state index contributed by atoms with van der Waals surface area (Å²) in [5.74, 6) is -0.653. The standard InChI is InChI=1S/C19H21ClN6O3/c1-10-2-3-13(12(20)8-10)22-18(28)11-9-14(27)23-17-15(11)16(21)24-19(25-17)26-4-6-29-7-5-26/h2-3,8,11H,4-7,9H2,1H3,(H,22,28)(H3,21,23,24,25,27)/t11-/m1/s1. The van der Waals surface area contributed by atoms with Gasteiger partial charge < -0.3 is 26.0 Å². The first-order valence-corrected chi connectivity index (χ1v) is 9.67. The summed E-state index contributed by atoms with van der Waals surface area (Å²) in [7, 11) is 0. The van der Waals surface area contributed by atoms with Crippen molar-refractivity contribution in [2.24, 2.45) is 0 Å². The first-order chi connectivity index (χ1) is 13.9. The van der Waals surface area contributed by atoms with E-state index in [1.807, 2.05) is 17.9 Å². The van der Waals surface area contributed by atoms with E-state index in [2.05, 4.69) is 20.6 Å². The van der Waals surface area contributed by atoms with Crippen molar-refractivity contribution in [2.75, 3.05) is 47.6 Å². The third kappa shape index (κ3) is 3.96. The van der Waals surface area contributed by atoms with Gasteiger partial charge in [-0.3, -0.25) is 9.59 Å². The Kier molecular flexibility index (Phi) is 5.25. The predicted molar refractivity (Wildman–Crippen MR) is 110 cm³/mol. The molecule has 1 aromatic heterocycles. The molecule has 10 heteroatoms. The Labute approximate surface area is 172 Å². The van der Waals surface area contributed by atoms with Crippen molar-refractivity contribution in [3.63, 3.8) is 0 Å². The molecule has 0 aliphatic carbocycles. The van der Waals surface area contributed by atoms with Gasteiger partial charge in [0.05, 0.1) is 35.4 Å². The number of fused-ring (bicyclic) bond motifs is 1. The second kappa shape index (κ2) is 7.84. The third-order valence-corrected chi connectivity index (χ3v) is 5.26. The molecular weight excluding hydrogens is 396 g/mol. The number of hydrogen-bond acceptors (Lipinski definition) is 7. The number of hydrogen-bond donors (Lipinski definition) is 3. The van der Waals surface area contributed by atoms with Crippen molar-refractivity contribution in [1.82, 2.24) is 9.97 Å². The summed E-state index contributed by atoms with van der Waals surface area (Å²) < 4.78 is 5.34. The van der Waals surface area contributed by atoms with Gasteiger partial charge in [0.15, 0.2) is 0 Å². The Hall–Kier alpha value is -2.91. The average molecular weight is 417 g/mol. The van der Waals surface area contributed by atoms with E-state index < -0.39 is 5.92 Å². The summed E-state index contributed by atoms with van der Waals surface area (Å²) in [5, 5.41) is 5.92. The highest BCUT2D eigenvalue weighted by Gasteiger charge is 2.35. The molecule has 1 atom stereocenters. The number of halogens is 1. The van der Waals surface area contributed by atoms with Crippen LogP contribution in [0.2, 0.25) is 5.02 Å². The zero-order valence-corrected chi connectivity index (χ0v) is 16.6. The third-order valence-electron chi connectivity index (χ3n) is 4.95. The van der Waals surface area contributed by atoms with Crippen molar-refractivity contribution in [3.8, 4) is 0 Å². The first-order valence-electron chi connectivity index (χ1n) is 9.29. The number of carbonyl (C=O) groups is 2. The van der Waals surface area contributed by atoms with Gasteiger partial charge in [0.1, 0.15) is 11.6 Å². The van der Waals surface area contributed by atoms with E-state index in [1.54, 1.807) is 12.1 Å². The lowest BCUT2D eigenvalue weighted by Crippen LogP contribution is -2.38. The zero-order chi connectivity index (χ0) is 20.5. The maximum Gasteiger partial charge on any atom is 0.232 e. The summed E-state index contributed by atoms with van der Waals surface area (Å²) in [6.45, 7) is 4.29. The van der Waals surface area contributed by atoms with Crippen LogP contribution in [0.15, 0.2) is 18.2 Å². The molecule has 1 aromatic carbocycles. The Bertz CT molecular complexity index is 977. The number of nitrogens with two attached hydrogens (primary N) is 1. The molecule has 2 aliphatic rings. The van der Waals surface area contributed by atoms with E-state index in [0.717, 1.165) is 5.56 Å². The molecule has 4 rings (SSSR count). The Morgan fingerprint density at radius 2 is 2.10 bits per heavy atom. The number of amides is 2. The summed E-state index contributed by atoms with van der Waals surface area (Å²) in [6.07, 6.45) is -0.0488. The molecule has 2 aromatic rings. The highest BCUT2D eigenvalue weighted by atomic mass is 35.5. The molecule has 152 valence electrons. The van der Waals surface area contributed by atoms with Gasteiger partial charge in [0, 0.05) is 19.5 Å². The number of carbonyl (C=O) groups excluding carboxylic acids is 2. The molecule has 0 spiro atoms. The minimum atomic E-state index is -0.810. The van der Waals surface area contributed by atoms with E-state index in [0.29, 0.717) is 48.5 Å². The van der Waals surface area contributed by atoms with Crippen LogP contribution in [0.1, 0.15) is 23.5 Å². The van der Waals surface area contributed by atoms with Crippen LogP contribution in [0.4, 0.5) is 23.3 Å². The minimum absolute atomic E-state index is 0.0488. The van der Waals surface area contributed by atoms with Crippen LogP contribution in [0.3, 0.4) is 0 Å². The molecule has 1 saturated heterocycles. The monoisotopic (exact) mass is 416 g/mol. The van der Waals surface area contributed by atoms with Gasteiger partial charge in [0.2, 0.25) is 17.8 Å². The van der Waals surface area contributed by atoms with Crippen LogP contribution >= 0.6 is 11.6 Å². The normalized spacial score (nSPS) is 18.8. The van der Waals surface area contributed by atoms with Crippen molar-refractivity contribution >= 4 is 46.7 Å². The quantitative estimate of drug-likeness (QED) is 0.698. The predicted octanol–water partition coefficient (Wildman–Crippen LogP) is 1.92. The fourth-order valence-corrected chi connectivity index (χ4v) is 3.74. The van der Waals surface area contributed by atoms with Crippen LogP contribution in [0.5, 0.6) is 0 Å². The SMILES string of the molecule is Cc1ccc(NC(=O)[C@@H]2CC(=O)Nc3nc(N4CCOCC4)nc(N)c32)c(Cl)c1. The molecule has 4 N–H and O–H groups in total. The van der Waals surface area contributed by atoms with Crippen LogP contribution in [-0.2, 0) is 14.3 Å². The summed E-state index contributed by atoms with van der Waals surface area (Å²) in [5.41, 5.74) is 8.07. The van der Waals surface area contributed by atoms with E-state index in [1.165, 1.54) is 0 Å². The number of anilines is 4. The molecule has 0 saturated carbocycles. The summed E-state index contributed by atoms with van der Waals surface area (Å²) >= 11 is 6.22. The van der Waals surface area contributed by atoms with Crippen LogP contribution in [-0.4, -0.2) is 48.1 Å². The molecule has 0 radical (unpaired) electrons. The highest BCUT2D eigenvalue weighted by molar-refractivity contribution is 6.33. The maximum atomic E-state index is 13.0. The largest absolute Gasteiger partial charge is 0.383 e. The Morgan fingerprint density at radius 3 is 2.83 bits per heavy atom. The van der Waals surface area contributed by atoms with Gasteiger partial charge >= 0.3 is 0 Å². The molecular formula is C19H21ClN6O3. The van der Waals surface area contributed by atoms with Crippen LogP contribution in [0, 0.1) is 6.92 Å². The van der Waals surface area contributed by atoms with Gasteiger partial charge in [-0.1, -0.05) is 17.7 Å². The minimum Gasteiger partial charge on any atom is -0.383 e. The molecule has 29 heavy (non-hydrogen) atoms. The van der Waals surface area contributed by atoms with Gasteiger partial charge in [-0.15, -0.1) is 0 Å². The number of benzene rings is 1. The number of nitrogens with one attached hydrogen (secondary N) is 2. The lowest BCUT2D eigenvalue weighted by molar-refractivity contribution is -0.123. The molecule has 0 unspecified atom stereocenters. The number of aromatic nitrogens is 2. The lowest BCUT2D eigenvalue weighted by atomic mass is 9.92. The number of nitrogens with zero attached hydrogens (tertiary/aromatic N) is 3. The van der Waals surface area contributed by atoms with Crippen LogP contribution < -0.4 is 21.3 Å². The summed E-state index contributed by atoms with van der Waals surface area (Å²) in [6, 6.07) is 5.32. The highest BCUT2D eigenvalue weighted by Crippen LogP contribution is 2.37. The average Bonchev–Trinajstić information content (AvgIpc) is 2.69. The van der Waals surface area contributed by atoms with Crippen molar-refractivity contribution in [2.45, 2.75) is 19.3 Å². The van der Waals surface area contributed by atoms with Crippen molar-refractivity contribution < 1.29 is 14.3 Å². The van der Waals surface area contributed by atoms with Gasteiger partial charge in [-0.25, -0.2) is 0 Å². The Morgan fingerprint density at radius 1 is 1.34 bits per heavy atom. The Balaban J connectivity index is 1.64. The number of nitrogen functional groups attached to an aromatic ring is 1. The second-order valence-corrected chi connectivity index (χ2v) is 7.46. The molecule has 1 fully saturated rings. The summed E-state index contributed by atoms with van der Waals surface area (Å²) in [4.78, 5) is 36.0. The molecule has 2 aliphatic heterocycles. The topological polar surface area (TPSA) is 122 Å². The van der Waals surface area contributed by atoms with E-state index in [-0.39, 0.29) is 29.9 Å². The maximum absolute atomic E-state index is 13.0. The molecule has 0 bridgehead atoms. The fourth-order valence-electron chi connectivity index (χ4n) is 3.45. The lowest BCUT2D eigenvalue weighted by Gasteiger charge is -2.30. The molecule has 2 amide bonds. The van der Waals surface area contributed by atoms with Gasteiger partial charge in [-0.05, 0) is 24.6 Å². The second-order valence-electron chi connectivity index (χ2n) is 7.05. The van der Waals surface area contributed by atoms with Crippen LogP contribution in [0.25, 0.3) is 0 Å². The molecule has 9 nitrogen and oxygen atoms in total. The van der Waals surface area contributed by atoms with Gasteiger partial charge in [0.25, 0.3) is 0 Å². The van der Waals surface area contributed by atoms with Gasteiger partial charge in [-0.2, -0.15) is 9.97 Å². The fraction of sp³-hybridized carbons (Fsp3) is 0.368. The number of ether oxygens (including phenoxy) is 1. The van der Waals surface area contributed by atoms with Crippen molar-refractivity contribution in [1.29, 1.82) is 0 Å².